The van der Waals surface area contributed by atoms with Crippen molar-refractivity contribution in [2.75, 3.05) is 31.5 Å². The zero-order valence-electron chi connectivity index (χ0n) is 15.3. The zero-order valence-corrected chi connectivity index (χ0v) is 15.3. The highest BCUT2D eigenvalue weighted by molar-refractivity contribution is 5.99. The zero-order chi connectivity index (χ0) is 19.7. The van der Waals surface area contributed by atoms with Crippen molar-refractivity contribution in [3.63, 3.8) is 0 Å². The number of aromatic nitrogens is 3. The molecule has 3 aromatic rings. The molecular weight excluding hydrogens is 363 g/mol. The van der Waals surface area contributed by atoms with Crippen LogP contribution in [0.25, 0.3) is 5.65 Å². The predicted octanol–water partition coefficient (Wildman–Crippen LogP) is 2.17. The second-order valence-electron chi connectivity index (χ2n) is 6.61. The number of amides is 3. The Morgan fingerprint density at radius 1 is 1.04 bits per heavy atom. The molecule has 3 amide bonds. The van der Waals surface area contributed by atoms with Gasteiger partial charge in [-0.05, 0) is 37.3 Å². The fourth-order valence-corrected chi connectivity index (χ4v) is 3.13. The first-order valence-electron chi connectivity index (χ1n) is 8.93. The van der Waals surface area contributed by atoms with Crippen LogP contribution >= 0.6 is 0 Å². The molecule has 1 N–H and O–H groups in total. The molecule has 0 aliphatic carbocycles. The number of aryl methyl sites for hydroxylation is 1. The Morgan fingerprint density at radius 3 is 2.43 bits per heavy atom. The van der Waals surface area contributed by atoms with Crippen LogP contribution in [0.1, 0.15) is 16.1 Å². The van der Waals surface area contributed by atoms with Crippen LogP contribution in [0.15, 0.2) is 42.7 Å². The molecular formula is C19H19FN6O2. The van der Waals surface area contributed by atoms with Crippen molar-refractivity contribution < 1.29 is 14.0 Å². The molecule has 2 aromatic heterocycles. The van der Waals surface area contributed by atoms with E-state index >= 15 is 0 Å². The minimum absolute atomic E-state index is 0.147. The number of anilines is 1. The van der Waals surface area contributed by atoms with Crippen molar-refractivity contribution in [2.24, 2.45) is 0 Å². The number of hydrogen-bond donors (Lipinski definition) is 1. The minimum Gasteiger partial charge on any atom is -0.335 e. The van der Waals surface area contributed by atoms with Crippen molar-refractivity contribution in [2.45, 2.75) is 6.92 Å². The lowest BCUT2D eigenvalue weighted by Gasteiger charge is -2.34. The van der Waals surface area contributed by atoms with Gasteiger partial charge in [0.05, 0.1) is 6.20 Å². The average molecular weight is 382 g/mol. The van der Waals surface area contributed by atoms with E-state index in [4.69, 9.17) is 0 Å². The van der Waals surface area contributed by atoms with Crippen LogP contribution in [0.2, 0.25) is 0 Å². The maximum Gasteiger partial charge on any atom is 0.321 e. The average Bonchev–Trinajstić information content (AvgIpc) is 3.12. The third-order valence-electron chi connectivity index (χ3n) is 4.69. The Kier molecular flexibility index (Phi) is 4.64. The smallest absolute Gasteiger partial charge is 0.321 e. The monoisotopic (exact) mass is 382 g/mol. The van der Waals surface area contributed by atoms with Crippen LogP contribution < -0.4 is 5.32 Å². The van der Waals surface area contributed by atoms with E-state index in [-0.39, 0.29) is 17.8 Å². The second-order valence-corrected chi connectivity index (χ2v) is 6.61. The molecule has 1 aliphatic heterocycles. The number of halogens is 1. The number of hydrogen-bond acceptors (Lipinski definition) is 4. The molecule has 1 saturated heterocycles. The molecule has 0 saturated carbocycles. The predicted molar refractivity (Wildman–Crippen MR) is 101 cm³/mol. The van der Waals surface area contributed by atoms with Gasteiger partial charge in [-0.1, -0.05) is 0 Å². The van der Waals surface area contributed by atoms with Crippen LogP contribution in [0.3, 0.4) is 0 Å². The van der Waals surface area contributed by atoms with Gasteiger partial charge in [0.25, 0.3) is 5.91 Å². The lowest BCUT2D eigenvalue weighted by Crippen LogP contribution is -2.51. The van der Waals surface area contributed by atoms with Gasteiger partial charge < -0.3 is 15.1 Å². The summed E-state index contributed by atoms with van der Waals surface area (Å²) < 4.78 is 14.5. The molecule has 1 aliphatic rings. The van der Waals surface area contributed by atoms with Crippen molar-refractivity contribution in [1.82, 2.24) is 24.4 Å². The summed E-state index contributed by atoms with van der Waals surface area (Å²) in [5.41, 5.74) is 2.32. The number of nitrogens with zero attached hydrogens (tertiary/aromatic N) is 5. The summed E-state index contributed by atoms with van der Waals surface area (Å²) in [6.07, 6.45) is 3.30. The Balaban J connectivity index is 1.39. The number of carbonyl (C=O) groups excluding carboxylic acids is 2. The van der Waals surface area contributed by atoms with Gasteiger partial charge in [0, 0.05) is 43.8 Å². The van der Waals surface area contributed by atoms with Crippen molar-refractivity contribution >= 4 is 23.3 Å². The maximum atomic E-state index is 13.0. The van der Waals surface area contributed by atoms with Crippen LogP contribution in [0.5, 0.6) is 0 Å². The number of carbonyl (C=O) groups is 2. The SMILES string of the molecule is Cc1ccn2ncc(C(=O)N3CCN(C(=O)Nc4ccc(F)cc4)CC3)c2n1. The van der Waals surface area contributed by atoms with E-state index in [1.54, 1.807) is 20.5 Å². The lowest BCUT2D eigenvalue weighted by atomic mass is 10.2. The van der Waals surface area contributed by atoms with E-state index in [1.807, 2.05) is 13.0 Å². The Morgan fingerprint density at radius 2 is 1.71 bits per heavy atom. The number of fused-ring (bicyclic) bond motifs is 1. The van der Waals surface area contributed by atoms with Gasteiger partial charge in [-0.3, -0.25) is 4.79 Å². The van der Waals surface area contributed by atoms with Gasteiger partial charge in [0.1, 0.15) is 11.4 Å². The fraction of sp³-hybridized carbons (Fsp3) is 0.263. The molecule has 3 heterocycles. The quantitative estimate of drug-likeness (QED) is 0.736. The van der Waals surface area contributed by atoms with Crippen molar-refractivity contribution in [1.29, 1.82) is 0 Å². The van der Waals surface area contributed by atoms with Gasteiger partial charge in [0.15, 0.2) is 5.65 Å². The third-order valence-corrected chi connectivity index (χ3v) is 4.69. The number of rotatable bonds is 2. The summed E-state index contributed by atoms with van der Waals surface area (Å²) in [6.45, 7) is 3.51. The Labute approximate surface area is 160 Å². The normalized spacial score (nSPS) is 14.4. The molecule has 0 radical (unpaired) electrons. The molecule has 0 atom stereocenters. The molecule has 144 valence electrons. The van der Waals surface area contributed by atoms with Gasteiger partial charge in [-0.15, -0.1) is 0 Å². The maximum absolute atomic E-state index is 13.0. The molecule has 0 unspecified atom stereocenters. The molecule has 1 fully saturated rings. The van der Waals surface area contributed by atoms with Crippen molar-refractivity contribution in [3.8, 4) is 0 Å². The summed E-state index contributed by atoms with van der Waals surface area (Å²) in [7, 11) is 0. The number of piperazine rings is 1. The summed E-state index contributed by atoms with van der Waals surface area (Å²) >= 11 is 0. The van der Waals surface area contributed by atoms with E-state index in [2.05, 4.69) is 15.4 Å². The largest absolute Gasteiger partial charge is 0.335 e. The molecule has 4 rings (SSSR count). The van der Waals surface area contributed by atoms with E-state index in [1.165, 1.54) is 30.5 Å². The van der Waals surface area contributed by atoms with Gasteiger partial charge >= 0.3 is 6.03 Å². The van der Waals surface area contributed by atoms with E-state index in [0.717, 1.165) is 5.69 Å². The molecule has 8 nitrogen and oxygen atoms in total. The molecule has 9 heteroatoms. The van der Waals surface area contributed by atoms with Gasteiger partial charge in [0.2, 0.25) is 0 Å². The standard InChI is InChI=1S/C19H19FN6O2/c1-13-6-7-26-17(22-13)16(12-21-26)18(27)24-8-10-25(11-9-24)19(28)23-15-4-2-14(20)3-5-15/h2-7,12H,8-11H2,1H3,(H,23,28). The Hall–Kier alpha value is -3.49. The van der Waals surface area contributed by atoms with E-state index in [9.17, 15) is 14.0 Å². The summed E-state index contributed by atoms with van der Waals surface area (Å²) in [4.78, 5) is 33.0. The lowest BCUT2D eigenvalue weighted by molar-refractivity contribution is 0.0673. The van der Waals surface area contributed by atoms with Gasteiger partial charge in [-0.2, -0.15) is 5.10 Å². The Bertz CT molecular complexity index is 1020. The van der Waals surface area contributed by atoms with Crippen molar-refractivity contribution in [3.05, 3.63) is 59.8 Å². The molecule has 1 aromatic carbocycles. The van der Waals surface area contributed by atoms with E-state index < -0.39 is 0 Å². The molecule has 0 bridgehead atoms. The summed E-state index contributed by atoms with van der Waals surface area (Å²) in [5, 5.41) is 6.91. The van der Waals surface area contributed by atoms with Crippen LogP contribution in [-0.4, -0.2) is 62.5 Å². The number of benzene rings is 1. The van der Waals surface area contributed by atoms with E-state index in [0.29, 0.717) is 43.1 Å². The minimum atomic E-state index is -0.359. The molecule has 28 heavy (non-hydrogen) atoms. The second kappa shape index (κ2) is 7.26. The summed E-state index contributed by atoms with van der Waals surface area (Å²) in [6, 6.07) is 7.15. The highest BCUT2D eigenvalue weighted by Gasteiger charge is 2.27. The number of urea groups is 1. The van der Waals surface area contributed by atoms with Gasteiger partial charge in [-0.25, -0.2) is 18.7 Å². The van der Waals surface area contributed by atoms with Crippen LogP contribution in [0.4, 0.5) is 14.9 Å². The topological polar surface area (TPSA) is 82.8 Å². The molecule has 0 spiro atoms. The first-order valence-corrected chi connectivity index (χ1v) is 8.93. The summed E-state index contributed by atoms with van der Waals surface area (Å²) in [5.74, 6) is -0.505. The van der Waals surface area contributed by atoms with Crippen LogP contribution in [-0.2, 0) is 0 Å². The first kappa shape index (κ1) is 17.9. The fourth-order valence-electron chi connectivity index (χ4n) is 3.13. The van der Waals surface area contributed by atoms with Crippen LogP contribution in [0, 0.1) is 12.7 Å². The number of nitrogens with one attached hydrogen (secondary N) is 1. The third kappa shape index (κ3) is 3.51. The first-order chi connectivity index (χ1) is 13.5. The highest BCUT2D eigenvalue weighted by Crippen LogP contribution is 2.15. The highest BCUT2D eigenvalue weighted by atomic mass is 19.1.